The maximum atomic E-state index is 11.6. The summed E-state index contributed by atoms with van der Waals surface area (Å²) in [5.41, 5.74) is 0.781. The largest absolute Gasteiger partial charge is 0.482 e. The number of nitrogens with one attached hydrogen (secondary N) is 2. The van der Waals surface area contributed by atoms with Gasteiger partial charge in [-0.25, -0.2) is 4.79 Å². The summed E-state index contributed by atoms with van der Waals surface area (Å²) in [6.07, 6.45) is 0. The number of benzene rings is 1. The highest BCUT2D eigenvalue weighted by atomic mass is 35.5. The normalized spacial score (nSPS) is 11.3. The van der Waals surface area contributed by atoms with E-state index in [0.29, 0.717) is 17.3 Å². The zero-order valence-corrected chi connectivity index (χ0v) is 14.6. The van der Waals surface area contributed by atoms with Crippen LogP contribution in [0.15, 0.2) is 18.2 Å². The molecule has 0 aromatic heterocycles. The van der Waals surface area contributed by atoms with Gasteiger partial charge in [0.15, 0.2) is 13.2 Å². The summed E-state index contributed by atoms with van der Waals surface area (Å²) in [5.74, 6) is -1.06. The molecule has 0 saturated carbocycles. The minimum absolute atomic E-state index is 0.307. The molecule has 2 amide bonds. The van der Waals surface area contributed by atoms with Crippen molar-refractivity contribution in [3.05, 3.63) is 28.8 Å². The van der Waals surface area contributed by atoms with E-state index in [0.717, 1.165) is 5.56 Å². The van der Waals surface area contributed by atoms with Crippen molar-refractivity contribution < 1.29 is 23.9 Å². The molecule has 0 radical (unpaired) electrons. The molecule has 0 aliphatic heterocycles. The average molecular weight is 357 g/mol. The van der Waals surface area contributed by atoms with Gasteiger partial charge in [0.1, 0.15) is 11.8 Å². The molecule has 0 bridgehead atoms. The van der Waals surface area contributed by atoms with E-state index in [1.54, 1.807) is 32.0 Å². The van der Waals surface area contributed by atoms with Crippen LogP contribution in [0.3, 0.4) is 0 Å². The molecule has 0 unspecified atom stereocenters. The van der Waals surface area contributed by atoms with Crippen LogP contribution >= 0.6 is 11.6 Å². The van der Waals surface area contributed by atoms with E-state index in [2.05, 4.69) is 10.6 Å². The Morgan fingerprint density at radius 3 is 2.58 bits per heavy atom. The highest BCUT2D eigenvalue weighted by Crippen LogP contribution is 2.21. The summed E-state index contributed by atoms with van der Waals surface area (Å²) in [6.45, 7) is 4.76. The molecule has 0 saturated heterocycles. The van der Waals surface area contributed by atoms with Crippen LogP contribution in [0.25, 0.3) is 0 Å². The van der Waals surface area contributed by atoms with Gasteiger partial charge in [0.2, 0.25) is 5.91 Å². The molecule has 8 heteroatoms. The van der Waals surface area contributed by atoms with E-state index in [9.17, 15) is 14.4 Å². The number of carbonyl (C=O) groups excluding carboxylic acids is 3. The maximum Gasteiger partial charge on any atom is 0.344 e. The molecule has 1 aromatic carbocycles. The lowest BCUT2D eigenvalue weighted by molar-refractivity contribution is -0.150. The maximum absolute atomic E-state index is 11.6. The average Bonchev–Trinajstić information content (AvgIpc) is 2.52. The molecule has 0 fully saturated rings. The van der Waals surface area contributed by atoms with Crippen LogP contribution in [-0.4, -0.2) is 43.6 Å². The third-order valence-electron chi connectivity index (χ3n) is 2.97. The number of carbonyl (C=O) groups is 3. The number of halogens is 1. The van der Waals surface area contributed by atoms with E-state index < -0.39 is 24.5 Å². The minimum atomic E-state index is -0.705. The summed E-state index contributed by atoms with van der Waals surface area (Å²) < 4.78 is 10.1. The highest BCUT2D eigenvalue weighted by molar-refractivity contribution is 6.30. The van der Waals surface area contributed by atoms with Crippen LogP contribution in [0.2, 0.25) is 5.02 Å². The summed E-state index contributed by atoms with van der Waals surface area (Å²) >= 11 is 5.83. The van der Waals surface area contributed by atoms with Crippen molar-refractivity contribution in [2.75, 3.05) is 19.8 Å². The number of hydrogen-bond acceptors (Lipinski definition) is 5. The van der Waals surface area contributed by atoms with Gasteiger partial charge in [0, 0.05) is 11.6 Å². The molecular weight excluding hydrogens is 336 g/mol. The second-order valence-electron chi connectivity index (χ2n) is 5.04. The second kappa shape index (κ2) is 9.77. The number of hydrogen-bond donors (Lipinski definition) is 2. The molecule has 1 rings (SSSR count). The number of rotatable bonds is 8. The lowest BCUT2D eigenvalue weighted by Gasteiger charge is -2.13. The van der Waals surface area contributed by atoms with Gasteiger partial charge in [-0.3, -0.25) is 9.59 Å². The lowest BCUT2D eigenvalue weighted by atomic mass is 10.2. The molecular formula is C16H21ClN2O5. The van der Waals surface area contributed by atoms with Gasteiger partial charge < -0.3 is 20.1 Å². The second-order valence-corrected chi connectivity index (χ2v) is 5.48. The van der Waals surface area contributed by atoms with E-state index in [-0.39, 0.29) is 12.5 Å². The fourth-order valence-corrected chi connectivity index (χ4v) is 2.00. The van der Waals surface area contributed by atoms with Gasteiger partial charge in [0.25, 0.3) is 5.91 Å². The lowest BCUT2D eigenvalue weighted by Crippen LogP contribution is -2.46. The smallest absolute Gasteiger partial charge is 0.344 e. The Morgan fingerprint density at radius 2 is 1.96 bits per heavy atom. The van der Waals surface area contributed by atoms with E-state index >= 15 is 0 Å². The van der Waals surface area contributed by atoms with E-state index in [1.165, 1.54) is 6.92 Å². The highest BCUT2D eigenvalue weighted by Gasteiger charge is 2.16. The van der Waals surface area contributed by atoms with Crippen molar-refractivity contribution in [3.8, 4) is 5.75 Å². The molecule has 24 heavy (non-hydrogen) atoms. The zero-order chi connectivity index (χ0) is 18.1. The molecule has 0 spiro atoms. The van der Waals surface area contributed by atoms with Crippen LogP contribution in [0.5, 0.6) is 5.75 Å². The van der Waals surface area contributed by atoms with Crippen LogP contribution < -0.4 is 15.4 Å². The summed E-state index contributed by atoms with van der Waals surface area (Å²) in [5, 5.41) is 5.57. The van der Waals surface area contributed by atoms with Gasteiger partial charge in [-0.15, -0.1) is 0 Å². The van der Waals surface area contributed by atoms with E-state index in [4.69, 9.17) is 21.1 Å². The fourth-order valence-electron chi connectivity index (χ4n) is 1.78. The Labute approximate surface area is 145 Å². The summed E-state index contributed by atoms with van der Waals surface area (Å²) in [7, 11) is 0. The molecule has 0 aliphatic rings. The Morgan fingerprint density at radius 1 is 1.25 bits per heavy atom. The molecule has 2 N–H and O–H groups in total. The Bertz CT molecular complexity index is 606. The van der Waals surface area contributed by atoms with Crippen LogP contribution in [0, 0.1) is 6.92 Å². The first-order chi connectivity index (χ1) is 11.3. The topological polar surface area (TPSA) is 93.7 Å². The third-order valence-corrected chi connectivity index (χ3v) is 3.20. The monoisotopic (exact) mass is 356 g/mol. The molecule has 1 atom stereocenters. The van der Waals surface area contributed by atoms with Crippen molar-refractivity contribution in [1.29, 1.82) is 0 Å². The summed E-state index contributed by atoms with van der Waals surface area (Å²) in [4.78, 5) is 34.7. The zero-order valence-electron chi connectivity index (χ0n) is 13.8. The Balaban J connectivity index is 2.33. The molecule has 7 nitrogen and oxygen atoms in total. The quantitative estimate of drug-likeness (QED) is 0.683. The predicted molar refractivity (Wildman–Crippen MR) is 88.9 cm³/mol. The number of aryl methyl sites for hydroxylation is 1. The van der Waals surface area contributed by atoms with Crippen molar-refractivity contribution >= 4 is 29.4 Å². The standard InChI is InChI=1S/C16H21ClN2O5/c1-4-18-16(22)11(3)19-14(20)8-24-15(21)9-23-13-6-5-12(17)7-10(13)2/h5-7,11H,4,8-9H2,1-3H3,(H,18,22)(H,19,20)/t11-/m1/s1. The SMILES string of the molecule is CCNC(=O)[C@@H](C)NC(=O)COC(=O)COc1ccc(Cl)cc1C. The molecule has 132 valence electrons. The number of esters is 1. The van der Waals surface area contributed by atoms with E-state index in [1.807, 2.05) is 0 Å². The van der Waals surface area contributed by atoms with Gasteiger partial charge >= 0.3 is 5.97 Å². The molecule has 0 aliphatic carbocycles. The Kier molecular flexibility index (Phi) is 8.05. The minimum Gasteiger partial charge on any atom is -0.482 e. The Hall–Kier alpha value is -2.28. The van der Waals surface area contributed by atoms with Crippen molar-refractivity contribution in [3.63, 3.8) is 0 Å². The predicted octanol–water partition coefficient (Wildman–Crippen LogP) is 1.21. The van der Waals surface area contributed by atoms with Crippen molar-refractivity contribution in [2.45, 2.75) is 26.8 Å². The van der Waals surface area contributed by atoms with Gasteiger partial charge in [-0.05, 0) is 44.5 Å². The first-order valence-electron chi connectivity index (χ1n) is 7.45. The van der Waals surface area contributed by atoms with Crippen molar-refractivity contribution in [1.82, 2.24) is 10.6 Å². The number of likely N-dealkylation sites (N-methyl/N-ethyl adjacent to an activating group) is 1. The molecule has 0 heterocycles. The summed E-state index contributed by atoms with van der Waals surface area (Å²) in [6, 6.07) is 4.29. The molecule has 1 aromatic rings. The van der Waals surface area contributed by atoms with Gasteiger partial charge in [0.05, 0.1) is 0 Å². The van der Waals surface area contributed by atoms with Crippen LogP contribution in [0.4, 0.5) is 0 Å². The van der Waals surface area contributed by atoms with Gasteiger partial charge in [-0.2, -0.15) is 0 Å². The van der Waals surface area contributed by atoms with Crippen LogP contribution in [0.1, 0.15) is 19.4 Å². The van der Waals surface area contributed by atoms with Gasteiger partial charge in [-0.1, -0.05) is 11.6 Å². The van der Waals surface area contributed by atoms with Crippen molar-refractivity contribution in [2.24, 2.45) is 0 Å². The first-order valence-corrected chi connectivity index (χ1v) is 7.83. The fraction of sp³-hybridized carbons (Fsp3) is 0.438. The number of amides is 2. The number of ether oxygens (including phenoxy) is 2. The van der Waals surface area contributed by atoms with Crippen LogP contribution in [-0.2, 0) is 19.1 Å². The third kappa shape index (κ3) is 6.87. The first kappa shape index (κ1) is 19.8.